The second kappa shape index (κ2) is 9.50. The summed E-state index contributed by atoms with van der Waals surface area (Å²) in [5, 5.41) is 2.79. The van der Waals surface area contributed by atoms with Crippen molar-refractivity contribution in [3.63, 3.8) is 0 Å². The first kappa shape index (κ1) is 22.6. The highest BCUT2D eigenvalue weighted by molar-refractivity contribution is 7.98. The van der Waals surface area contributed by atoms with Crippen LogP contribution in [0.3, 0.4) is 0 Å². The molecule has 2 aromatic heterocycles. The molecular formula is C24H18F3N3O2S. The number of thioether (sulfide) groups is 1. The number of amides is 1. The quantitative estimate of drug-likeness (QED) is 0.347. The van der Waals surface area contributed by atoms with Crippen LogP contribution in [-0.2, 0) is 12.7 Å². The molecule has 0 unspecified atom stereocenters. The fourth-order valence-corrected chi connectivity index (χ4v) is 3.51. The van der Waals surface area contributed by atoms with E-state index >= 15 is 0 Å². The van der Waals surface area contributed by atoms with Crippen LogP contribution in [0.4, 0.5) is 13.2 Å². The Labute approximate surface area is 192 Å². The Balaban J connectivity index is 1.68. The van der Waals surface area contributed by atoms with Crippen molar-refractivity contribution in [3.8, 4) is 22.8 Å². The Morgan fingerprint density at radius 1 is 1.03 bits per heavy atom. The van der Waals surface area contributed by atoms with Crippen molar-refractivity contribution in [2.75, 3.05) is 6.26 Å². The van der Waals surface area contributed by atoms with Gasteiger partial charge in [0, 0.05) is 35.0 Å². The largest absolute Gasteiger partial charge is 0.435 e. The van der Waals surface area contributed by atoms with Crippen LogP contribution in [0.5, 0.6) is 0 Å². The molecule has 2 heterocycles. The molecule has 33 heavy (non-hydrogen) atoms. The molecule has 0 bridgehead atoms. The molecule has 0 atom stereocenters. The number of nitrogens with one attached hydrogen (secondary N) is 1. The predicted molar refractivity (Wildman–Crippen MR) is 120 cm³/mol. The lowest BCUT2D eigenvalue weighted by atomic mass is 10.1. The lowest BCUT2D eigenvalue weighted by Crippen LogP contribution is -2.23. The molecule has 4 rings (SSSR count). The number of rotatable bonds is 6. The molecule has 0 saturated heterocycles. The molecule has 0 saturated carbocycles. The first-order chi connectivity index (χ1) is 15.8. The molecule has 0 fully saturated rings. The van der Waals surface area contributed by atoms with Crippen molar-refractivity contribution in [1.82, 2.24) is 15.3 Å². The molecule has 1 N–H and O–H groups in total. The van der Waals surface area contributed by atoms with Gasteiger partial charge in [0.1, 0.15) is 0 Å². The van der Waals surface area contributed by atoms with E-state index in [9.17, 15) is 18.0 Å². The van der Waals surface area contributed by atoms with Gasteiger partial charge in [-0.2, -0.15) is 13.2 Å². The highest BCUT2D eigenvalue weighted by Gasteiger charge is 2.30. The van der Waals surface area contributed by atoms with E-state index in [1.54, 1.807) is 42.4 Å². The first-order valence-electron chi connectivity index (χ1n) is 9.85. The van der Waals surface area contributed by atoms with Crippen molar-refractivity contribution in [2.45, 2.75) is 17.6 Å². The van der Waals surface area contributed by atoms with Crippen molar-refractivity contribution in [2.24, 2.45) is 0 Å². The van der Waals surface area contributed by atoms with Crippen molar-refractivity contribution in [1.29, 1.82) is 0 Å². The number of nitrogens with zero attached hydrogens (tertiary/aromatic N) is 2. The number of alkyl halides is 3. The highest BCUT2D eigenvalue weighted by Crippen LogP contribution is 2.34. The lowest BCUT2D eigenvalue weighted by molar-refractivity contribution is -0.137. The number of aromatic nitrogens is 2. The molecule has 2 aromatic carbocycles. The summed E-state index contributed by atoms with van der Waals surface area (Å²) in [4.78, 5) is 22.3. The zero-order valence-corrected chi connectivity index (χ0v) is 18.2. The van der Waals surface area contributed by atoms with Crippen LogP contribution < -0.4 is 5.32 Å². The van der Waals surface area contributed by atoms with Gasteiger partial charge in [-0.3, -0.25) is 9.78 Å². The van der Waals surface area contributed by atoms with Gasteiger partial charge in [-0.1, -0.05) is 18.2 Å². The molecular weight excluding hydrogens is 451 g/mol. The van der Waals surface area contributed by atoms with Gasteiger partial charge in [0.25, 0.3) is 5.91 Å². The third-order valence-electron chi connectivity index (χ3n) is 4.83. The maximum atomic E-state index is 13.0. The fraction of sp³-hybridized carbons (Fsp3) is 0.125. The van der Waals surface area contributed by atoms with Gasteiger partial charge in [-0.25, -0.2) is 4.98 Å². The number of hydrogen-bond acceptors (Lipinski definition) is 5. The van der Waals surface area contributed by atoms with Gasteiger partial charge in [-0.15, -0.1) is 11.8 Å². The summed E-state index contributed by atoms with van der Waals surface area (Å²) in [6.07, 6.45) is 0.772. The number of hydrogen-bond donors (Lipinski definition) is 1. The third-order valence-corrected chi connectivity index (χ3v) is 5.57. The Morgan fingerprint density at radius 2 is 1.73 bits per heavy atom. The molecule has 1 amide bonds. The molecule has 0 spiro atoms. The maximum Gasteiger partial charge on any atom is 0.416 e. The smallest absolute Gasteiger partial charge is 0.416 e. The van der Waals surface area contributed by atoms with Crippen LogP contribution in [0.2, 0.25) is 0 Å². The van der Waals surface area contributed by atoms with E-state index in [2.05, 4.69) is 15.3 Å². The SMILES string of the molecule is CSc1ccc(-c2oc(-c3ccc(C(F)(F)F)cc3)nc2C(=O)NCc2cccnc2)cc1. The third kappa shape index (κ3) is 5.25. The zero-order valence-electron chi connectivity index (χ0n) is 17.4. The summed E-state index contributed by atoms with van der Waals surface area (Å²) < 4.78 is 44.6. The van der Waals surface area contributed by atoms with E-state index < -0.39 is 17.6 Å². The van der Waals surface area contributed by atoms with Gasteiger partial charge < -0.3 is 9.73 Å². The molecule has 0 aliphatic heterocycles. The van der Waals surface area contributed by atoms with Gasteiger partial charge in [0.2, 0.25) is 5.89 Å². The van der Waals surface area contributed by atoms with Crippen molar-refractivity contribution < 1.29 is 22.4 Å². The van der Waals surface area contributed by atoms with E-state index in [0.717, 1.165) is 22.6 Å². The number of halogens is 3. The minimum atomic E-state index is -4.45. The number of benzene rings is 2. The highest BCUT2D eigenvalue weighted by atomic mass is 32.2. The number of carbonyl (C=O) groups excluding carboxylic acids is 1. The topological polar surface area (TPSA) is 68.0 Å². The minimum Gasteiger partial charge on any atom is -0.435 e. The predicted octanol–water partition coefficient (Wildman–Crippen LogP) is 6.07. The molecule has 4 aromatic rings. The Bertz CT molecular complexity index is 1240. The molecule has 0 radical (unpaired) electrons. The van der Waals surface area contributed by atoms with E-state index in [-0.39, 0.29) is 23.9 Å². The standard InChI is InChI=1S/C24H18F3N3O2S/c1-33-19-10-6-16(7-11-19)21-20(22(31)29-14-15-3-2-12-28-13-15)30-23(32-21)17-4-8-18(9-5-17)24(25,26)27/h2-13H,14H2,1H3,(H,29,31). The number of carbonyl (C=O) groups is 1. The Hall–Kier alpha value is -3.59. The summed E-state index contributed by atoms with van der Waals surface area (Å²) in [5.41, 5.74) is 1.04. The minimum absolute atomic E-state index is 0.0469. The average Bonchev–Trinajstić information content (AvgIpc) is 3.28. The van der Waals surface area contributed by atoms with Gasteiger partial charge in [-0.05, 0) is 54.3 Å². The summed E-state index contributed by atoms with van der Waals surface area (Å²) in [5.74, 6) is -0.176. The van der Waals surface area contributed by atoms with E-state index in [1.165, 1.54) is 12.1 Å². The summed E-state index contributed by atoms with van der Waals surface area (Å²) >= 11 is 1.57. The molecule has 5 nitrogen and oxygen atoms in total. The lowest BCUT2D eigenvalue weighted by Gasteiger charge is -2.06. The van der Waals surface area contributed by atoms with Gasteiger partial charge in [0.15, 0.2) is 11.5 Å². The summed E-state index contributed by atoms with van der Waals surface area (Å²) in [6, 6.07) is 15.4. The van der Waals surface area contributed by atoms with Crippen LogP contribution in [0.15, 0.2) is 82.4 Å². The van der Waals surface area contributed by atoms with E-state index in [4.69, 9.17) is 4.42 Å². The molecule has 168 valence electrons. The second-order valence-electron chi connectivity index (χ2n) is 7.04. The maximum absolute atomic E-state index is 13.0. The monoisotopic (exact) mass is 469 g/mol. The Morgan fingerprint density at radius 3 is 2.33 bits per heavy atom. The van der Waals surface area contributed by atoms with Gasteiger partial charge >= 0.3 is 6.18 Å². The van der Waals surface area contributed by atoms with Crippen LogP contribution in [0.1, 0.15) is 21.6 Å². The van der Waals surface area contributed by atoms with Crippen molar-refractivity contribution >= 4 is 17.7 Å². The summed E-state index contributed by atoms with van der Waals surface area (Å²) in [7, 11) is 0. The van der Waals surface area contributed by atoms with Crippen LogP contribution in [0, 0.1) is 0 Å². The second-order valence-corrected chi connectivity index (χ2v) is 7.92. The number of pyridine rings is 1. The molecule has 9 heteroatoms. The Kier molecular flexibility index (Phi) is 6.50. The summed E-state index contributed by atoms with van der Waals surface area (Å²) in [6.45, 7) is 0.236. The van der Waals surface area contributed by atoms with Crippen LogP contribution >= 0.6 is 11.8 Å². The number of oxazole rings is 1. The van der Waals surface area contributed by atoms with Crippen LogP contribution in [-0.4, -0.2) is 22.1 Å². The average molecular weight is 469 g/mol. The molecule has 0 aliphatic rings. The fourth-order valence-electron chi connectivity index (χ4n) is 3.11. The first-order valence-corrected chi connectivity index (χ1v) is 11.1. The normalized spacial score (nSPS) is 11.4. The molecule has 0 aliphatic carbocycles. The van der Waals surface area contributed by atoms with Crippen LogP contribution in [0.25, 0.3) is 22.8 Å². The van der Waals surface area contributed by atoms with Gasteiger partial charge in [0.05, 0.1) is 5.56 Å². The zero-order chi connectivity index (χ0) is 23.4. The van der Waals surface area contributed by atoms with E-state index in [1.807, 2.05) is 24.5 Å². The van der Waals surface area contributed by atoms with Crippen molar-refractivity contribution in [3.05, 3.63) is 89.9 Å². The van der Waals surface area contributed by atoms with E-state index in [0.29, 0.717) is 11.1 Å².